The van der Waals surface area contributed by atoms with E-state index in [-0.39, 0.29) is 0 Å². The van der Waals surface area contributed by atoms with Gasteiger partial charge < -0.3 is 0 Å². The molecule has 0 aromatic heterocycles. The van der Waals surface area contributed by atoms with Gasteiger partial charge in [0.15, 0.2) is 0 Å². The Hall–Kier alpha value is -2.85. The van der Waals surface area contributed by atoms with Gasteiger partial charge in [0.1, 0.15) is 6.17 Å². The second kappa shape index (κ2) is 8.13. The molecule has 0 spiro atoms. The summed E-state index contributed by atoms with van der Waals surface area (Å²) >= 11 is 0. The highest BCUT2D eigenvalue weighted by Gasteiger charge is 2.08. The molecule has 3 rings (SSSR count). The van der Waals surface area contributed by atoms with Gasteiger partial charge in [-0.1, -0.05) is 84.6 Å². The quantitative estimate of drug-likeness (QED) is 0.503. The molecule has 0 bridgehead atoms. The van der Waals surface area contributed by atoms with Crippen LogP contribution in [0, 0.1) is 11.8 Å². The van der Waals surface area contributed by atoms with Gasteiger partial charge in [-0.25, -0.2) is 4.39 Å². The fourth-order valence-corrected chi connectivity index (χ4v) is 2.57. The van der Waals surface area contributed by atoms with Crippen LogP contribution in [0.1, 0.15) is 30.1 Å². The number of halogens is 1. The lowest BCUT2D eigenvalue weighted by Crippen LogP contribution is -1.91. The van der Waals surface area contributed by atoms with Crippen LogP contribution in [-0.4, -0.2) is 0 Å². The predicted molar refractivity (Wildman–Crippen MR) is 98.3 cm³/mol. The second-order valence-corrected chi connectivity index (χ2v) is 5.66. The molecule has 0 heterocycles. The fourth-order valence-electron chi connectivity index (χ4n) is 2.57. The molecule has 24 heavy (non-hydrogen) atoms. The van der Waals surface area contributed by atoms with Crippen molar-refractivity contribution in [3.8, 4) is 23.0 Å². The molecule has 0 aliphatic carbocycles. The predicted octanol–water partition coefficient (Wildman–Crippen LogP) is 6.20. The van der Waals surface area contributed by atoms with Crippen molar-refractivity contribution in [2.24, 2.45) is 0 Å². The summed E-state index contributed by atoms with van der Waals surface area (Å²) < 4.78 is 14.3. The summed E-state index contributed by atoms with van der Waals surface area (Å²) in [5, 5.41) is 0. The highest BCUT2D eigenvalue weighted by molar-refractivity contribution is 5.63. The lowest BCUT2D eigenvalue weighted by Gasteiger charge is -2.08. The summed E-state index contributed by atoms with van der Waals surface area (Å²) in [6, 6.07) is 27.6. The Morgan fingerprint density at radius 3 is 1.96 bits per heavy atom. The molecule has 1 unspecified atom stereocenters. The highest BCUT2D eigenvalue weighted by atomic mass is 19.1. The average Bonchev–Trinajstić information content (AvgIpc) is 2.67. The Kier molecular flexibility index (Phi) is 5.43. The molecule has 1 atom stereocenters. The molecular formula is C23H19F. The van der Waals surface area contributed by atoms with Gasteiger partial charge in [0.05, 0.1) is 0 Å². The van der Waals surface area contributed by atoms with Gasteiger partial charge in [0, 0.05) is 12.0 Å². The maximum atomic E-state index is 14.3. The third-order valence-corrected chi connectivity index (χ3v) is 3.91. The maximum absolute atomic E-state index is 14.3. The summed E-state index contributed by atoms with van der Waals surface area (Å²) in [7, 11) is 0. The molecule has 0 nitrogen and oxygen atoms in total. The van der Waals surface area contributed by atoms with Gasteiger partial charge in [-0.05, 0) is 35.2 Å². The smallest absolute Gasteiger partial charge is 0.126 e. The lowest BCUT2D eigenvalue weighted by atomic mass is 10.0. The number of rotatable bonds is 4. The molecule has 3 aromatic rings. The van der Waals surface area contributed by atoms with E-state index in [1.54, 1.807) is 0 Å². The van der Waals surface area contributed by atoms with Crippen molar-refractivity contribution in [3.05, 3.63) is 96.1 Å². The number of benzene rings is 3. The molecule has 0 N–H and O–H groups in total. The second-order valence-electron chi connectivity index (χ2n) is 5.66. The zero-order valence-electron chi connectivity index (χ0n) is 13.5. The molecule has 0 radical (unpaired) electrons. The Balaban J connectivity index is 1.58. The summed E-state index contributed by atoms with van der Waals surface area (Å²) in [5.74, 6) is 6.11. The monoisotopic (exact) mass is 314 g/mol. The van der Waals surface area contributed by atoms with Gasteiger partial charge in [-0.15, -0.1) is 0 Å². The van der Waals surface area contributed by atoms with E-state index in [0.29, 0.717) is 12.8 Å². The molecule has 0 aliphatic heterocycles. The third kappa shape index (κ3) is 4.33. The van der Waals surface area contributed by atoms with Crippen LogP contribution in [0.4, 0.5) is 4.39 Å². The maximum Gasteiger partial charge on any atom is 0.126 e. The van der Waals surface area contributed by atoms with Crippen LogP contribution in [0.15, 0.2) is 84.9 Å². The van der Waals surface area contributed by atoms with E-state index in [0.717, 1.165) is 22.3 Å². The Bertz CT molecular complexity index is 809. The molecule has 0 saturated carbocycles. The minimum absolute atomic E-state index is 0.421. The van der Waals surface area contributed by atoms with Crippen LogP contribution >= 0.6 is 0 Å². The van der Waals surface area contributed by atoms with Crippen molar-refractivity contribution in [2.75, 3.05) is 0 Å². The van der Waals surface area contributed by atoms with Crippen molar-refractivity contribution in [3.63, 3.8) is 0 Å². The van der Waals surface area contributed by atoms with E-state index in [4.69, 9.17) is 0 Å². The van der Waals surface area contributed by atoms with Gasteiger partial charge in [-0.3, -0.25) is 0 Å². The molecule has 0 fully saturated rings. The zero-order chi connectivity index (χ0) is 16.6. The van der Waals surface area contributed by atoms with Crippen LogP contribution in [0.2, 0.25) is 0 Å². The zero-order valence-corrected chi connectivity index (χ0v) is 13.5. The number of hydrogen-bond donors (Lipinski definition) is 0. The molecule has 0 aliphatic rings. The minimum atomic E-state index is -0.972. The Morgan fingerprint density at radius 2 is 1.29 bits per heavy atom. The first-order valence-electron chi connectivity index (χ1n) is 8.16. The minimum Gasteiger partial charge on any atom is -0.242 e. The molecular weight excluding hydrogens is 295 g/mol. The lowest BCUT2D eigenvalue weighted by molar-refractivity contribution is 0.327. The van der Waals surface area contributed by atoms with Crippen LogP contribution in [-0.2, 0) is 0 Å². The SMILES string of the molecule is FC(CCC#Cc1ccccc1)c1ccc(-c2ccccc2)cc1. The molecule has 1 heteroatoms. The molecule has 3 aromatic carbocycles. The fraction of sp³-hybridized carbons (Fsp3) is 0.130. The van der Waals surface area contributed by atoms with E-state index in [1.165, 1.54) is 0 Å². The Morgan fingerprint density at radius 1 is 0.708 bits per heavy atom. The van der Waals surface area contributed by atoms with Crippen molar-refractivity contribution in [2.45, 2.75) is 19.0 Å². The van der Waals surface area contributed by atoms with E-state index in [1.807, 2.05) is 72.8 Å². The van der Waals surface area contributed by atoms with Crippen LogP contribution < -0.4 is 0 Å². The van der Waals surface area contributed by atoms with Crippen molar-refractivity contribution in [1.82, 2.24) is 0 Å². The number of hydrogen-bond acceptors (Lipinski definition) is 0. The molecule has 0 amide bonds. The van der Waals surface area contributed by atoms with Crippen molar-refractivity contribution >= 4 is 0 Å². The van der Waals surface area contributed by atoms with E-state index < -0.39 is 6.17 Å². The summed E-state index contributed by atoms with van der Waals surface area (Å²) in [5.41, 5.74) is 3.94. The van der Waals surface area contributed by atoms with E-state index >= 15 is 0 Å². The standard InChI is InChI=1S/C23H19F/c24-23(14-8-7-11-19-9-3-1-4-10-19)22-17-15-21(16-18-22)20-12-5-2-6-13-20/h1-6,9-10,12-13,15-18,23H,8,14H2. The molecule has 0 saturated heterocycles. The molecule has 118 valence electrons. The van der Waals surface area contributed by atoms with Crippen molar-refractivity contribution in [1.29, 1.82) is 0 Å². The number of alkyl halides is 1. The van der Waals surface area contributed by atoms with Gasteiger partial charge in [0.25, 0.3) is 0 Å². The highest BCUT2D eigenvalue weighted by Crippen LogP contribution is 2.26. The van der Waals surface area contributed by atoms with Crippen LogP contribution in [0.25, 0.3) is 11.1 Å². The largest absolute Gasteiger partial charge is 0.242 e. The van der Waals surface area contributed by atoms with Crippen LogP contribution in [0.3, 0.4) is 0 Å². The van der Waals surface area contributed by atoms with E-state index in [2.05, 4.69) is 24.0 Å². The summed E-state index contributed by atoms with van der Waals surface area (Å²) in [6.07, 6.45) is 0.000911. The first-order valence-corrected chi connectivity index (χ1v) is 8.16. The summed E-state index contributed by atoms with van der Waals surface area (Å²) in [6.45, 7) is 0. The first kappa shape index (κ1) is 16.0. The van der Waals surface area contributed by atoms with Gasteiger partial charge in [-0.2, -0.15) is 0 Å². The first-order chi connectivity index (χ1) is 11.8. The average molecular weight is 314 g/mol. The summed E-state index contributed by atoms with van der Waals surface area (Å²) in [4.78, 5) is 0. The Labute approximate surface area is 143 Å². The van der Waals surface area contributed by atoms with Crippen LogP contribution in [0.5, 0.6) is 0 Å². The van der Waals surface area contributed by atoms with Crippen molar-refractivity contribution < 1.29 is 4.39 Å². The van der Waals surface area contributed by atoms with E-state index in [9.17, 15) is 4.39 Å². The van der Waals surface area contributed by atoms with Gasteiger partial charge >= 0.3 is 0 Å². The normalized spacial score (nSPS) is 11.4. The topological polar surface area (TPSA) is 0 Å². The van der Waals surface area contributed by atoms with Gasteiger partial charge in [0.2, 0.25) is 0 Å². The third-order valence-electron chi connectivity index (χ3n) is 3.91.